The second-order valence-electron chi connectivity index (χ2n) is 16.2. The highest BCUT2D eigenvalue weighted by Crippen LogP contribution is 2.37. The summed E-state index contributed by atoms with van der Waals surface area (Å²) in [4.78, 5) is 21.1. The molecule has 0 aliphatic carbocycles. The average molecular weight is 863 g/mol. The van der Waals surface area contributed by atoms with Gasteiger partial charge in [-0.2, -0.15) is 0 Å². The van der Waals surface area contributed by atoms with Gasteiger partial charge in [0.15, 0.2) is 0 Å². The van der Waals surface area contributed by atoms with Gasteiger partial charge in [-0.25, -0.2) is 19.9 Å². The van der Waals surface area contributed by atoms with Crippen LogP contribution in [0.5, 0.6) is 34.5 Å². The van der Waals surface area contributed by atoms with Crippen molar-refractivity contribution in [3.63, 3.8) is 0 Å². The minimum absolute atomic E-state index is 0.665. The summed E-state index contributed by atoms with van der Waals surface area (Å²) in [6, 6.07) is 76.7. The third-order valence-corrected chi connectivity index (χ3v) is 11.8. The van der Waals surface area contributed by atoms with Crippen LogP contribution in [-0.2, 0) is 0 Å². The van der Waals surface area contributed by atoms with Crippen LogP contribution in [0, 0.1) is 0 Å². The van der Waals surface area contributed by atoms with Gasteiger partial charge in [0.2, 0.25) is 0 Å². The summed E-state index contributed by atoms with van der Waals surface area (Å²) in [6.07, 6.45) is 0. The Labute approximate surface area is 386 Å². The predicted octanol–water partition coefficient (Wildman–Crippen LogP) is 15.9. The van der Waals surface area contributed by atoms with E-state index in [1.54, 1.807) is 0 Å². The Kier molecular flexibility index (Phi) is 10.0. The monoisotopic (exact) mass is 862 g/mol. The number of benzene rings is 8. The number of ether oxygens (including phenoxy) is 3. The first kappa shape index (κ1) is 39.4. The fraction of sp³-hybridized carbons (Fsp3) is 0. The Morgan fingerprint density at radius 2 is 0.478 bits per heavy atom. The van der Waals surface area contributed by atoms with E-state index in [0.717, 1.165) is 117 Å². The third-order valence-electron chi connectivity index (χ3n) is 11.8. The van der Waals surface area contributed by atoms with E-state index in [1.165, 1.54) is 0 Å². The van der Waals surface area contributed by atoms with Crippen molar-refractivity contribution in [1.82, 2.24) is 19.9 Å². The van der Waals surface area contributed by atoms with E-state index in [0.29, 0.717) is 5.75 Å². The van der Waals surface area contributed by atoms with Gasteiger partial charge in [-0.3, -0.25) is 0 Å². The molecule has 0 saturated heterocycles. The number of hydrogen-bond acceptors (Lipinski definition) is 7. The molecule has 67 heavy (non-hydrogen) atoms. The van der Waals surface area contributed by atoms with E-state index < -0.39 is 0 Å². The molecule has 4 heterocycles. The Hall–Kier alpha value is -9.20. The molecule has 4 aromatic heterocycles. The van der Waals surface area contributed by atoms with E-state index in [-0.39, 0.29) is 0 Å². The fourth-order valence-electron chi connectivity index (χ4n) is 8.39. The van der Waals surface area contributed by atoms with E-state index >= 15 is 0 Å². The average Bonchev–Trinajstić information content (AvgIpc) is 3.39. The predicted molar refractivity (Wildman–Crippen MR) is 269 cm³/mol. The first-order valence-electron chi connectivity index (χ1n) is 22.1. The molecule has 0 saturated carbocycles. The molecule has 0 unspecified atom stereocenters. The van der Waals surface area contributed by atoms with Crippen molar-refractivity contribution < 1.29 is 14.2 Å². The van der Waals surface area contributed by atoms with Crippen LogP contribution in [0.15, 0.2) is 231 Å². The summed E-state index contributed by atoms with van der Waals surface area (Å²) in [5, 5.41) is 4.00. The topological polar surface area (TPSA) is 79.2 Å². The van der Waals surface area contributed by atoms with Crippen LogP contribution < -0.4 is 14.2 Å². The minimum Gasteiger partial charge on any atom is -0.457 e. The molecule has 7 heteroatoms. The smallest absolute Gasteiger partial charge is 0.128 e. The molecule has 0 spiro atoms. The molecule has 0 N–H and O–H groups in total. The summed E-state index contributed by atoms with van der Waals surface area (Å²) in [6.45, 7) is 0. The van der Waals surface area contributed by atoms with Gasteiger partial charge in [-0.1, -0.05) is 103 Å². The Morgan fingerprint density at radius 3 is 0.806 bits per heavy atom. The maximum absolute atomic E-state index is 6.53. The highest BCUT2D eigenvalue weighted by atomic mass is 16.5. The summed E-state index contributed by atoms with van der Waals surface area (Å²) >= 11 is 0. The molecule has 0 atom stereocenters. The molecule has 0 aliphatic rings. The Balaban J connectivity index is 0.921. The zero-order valence-electron chi connectivity index (χ0n) is 36.0. The van der Waals surface area contributed by atoms with Gasteiger partial charge in [0.1, 0.15) is 34.5 Å². The Bertz CT molecular complexity index is 3530. The molecule has 12 rings (SSSR count). The van der Waals surface area contributed by atoms with Crippen molar-refractivity contribution in [2.24, 2.45) is 0 Å². The van der Waals surface area contributed by atoms with E-state index in [1.807, 2.05) is 152 Å². The third kappa shape index (κ3) is 8.14. The zero-order chi connectivity index (χ0) is 44.5. The standard InChI is InChI=1S/C60H38N4O3/c1-4-10-47(11-5-1)65-50-28-20-39(21-29-50)53-32-24-41-16-18-43-26-34-55(63-59(43)57(41)61-53)45-36-46(38-52(37-45)67-49-14-8-3-9-15-49)56-35-27-44-19-17-42-25-33-54(62-58(42)60(44)64-56)40-22-30-51(31-23-40)66-48-12-6-2-7-13-48/h1-38H. The maximum atomic E-state index is 6.53. The van der Waals surface area contributed by atoms with Gasteiger partial charge in [0.25, 0.3) is 0 Å². The normalized spacial score (nSPS) is 11.3. The second-order valence-corrected chi connectivity index (χ2v) is 16.2. The van der Waals surface area contributed by atoms with Gasteiger partial charge < -0.3 is 14.2 Å². The number of pyridine rings is 4. The minimum atomic E-state index is 0.665. The number of hydrogen-bond donors (Lipinski definition) is 0. The van der Waals surface area contributed by atoms with Crippen LogP contribution in [-0.4, -0.2) is 19.9 Å². The number of para-hydroxylation sites is 3. The molecule has 8 aromatic carbocycles. The molecule has 0 bridgehead atoms. The van der Waals surface area contributed by atoms with Gasteiger partial charge in [0.05, 0.1) is 44.8 Å². The largest absolute Gasteiger partial charge is 0.457 e. The van der Waals surface area contributed by atoms with Crippen molar-refractivity contribution in [1.29, 1.82) is 0 Å². The van der Waals surface area contributed by atoms with Crippen molar-refractivity contribution in [3.8, 4) is 79.5 Å². The summed E-state index contributed by atoms with van der Waals surface area (Å²) < 4.78 is 18.6. The first-order chi connectivity index (χ1) is 33.1. The second kappa shape index (κ2) is 17.1. The van der Waals surface area contributed by atoms with Crippen LogP contribution in [0.1, 0.15) is 0 Å². The first-order valence-corrected chi connectivity index (χ1v) is 22.1. The highest BCUT2D eigenvalue weighted by Gasteiger charge is 2.15. The molecule has 0 radical (unpaired) electrons. The number of nitrogens with zero attached hydrogens (tertiary/aromatic N) is 4. The van der Waals surface area contributed by atoms with E-state index in [2.05, 4.69) is 78.9 Å². The lowest BCUT2D eigenvalue weighted by Gasteiger charge is -2.13. The van der Waals surface area contributed by atoms with Gasteiger partial charge in [0, 0.05) is 43.8 Å². The number of aromatic nitrogens is 4. The molecular weight excluding hydrogens is 825 g/mol. The highest BCUT2D eigenvalue weighted by molar-refractivity contribution is 6.05. The molecule has 7 nitrogen and oxygen atoms in total. The fourth-order valence-corrected chi connectivity index (χ4v) is 8.39. The van der Waals surface area contributed by atoms with Gasteiger partial charge in [-0.15, -0.1) is 0 Å². The summed E-state index contributed by atoms with van der Waals surface area (Å²) in [5.74, 6) is 4.50. The Morgan fingerprint density at radius 1 is 0.209 bits per heavy atom. The van der Waals surface area contributed by atoms with Crippen LogP contribution in [0.4, 0.5) is 0 Å². The molecular formula is C60H38N4O3. The number of rotatable bonds is 10. The summed E-state index contributed by atoms with van der Waals surface area (Å²) in [7, 11) is 0. The lowest BCUT2D eigenvalue weighted by molar-refractivity contribution is 0.482. The lowest BCUT2D eigenvalue weighted by atomic mass is 10.0. The van der Waals surface area contributed by atoms with Gasteiger partial charge in [-0.05, 0) is 127 Å². The SMILES string of the molecule is c1ccc(Oc2ccc(-c3ccc4ccc5ccc(-c6cc(Oc7ccccc7)cc(-c7ccc8ccc9ccc(-c%10ccc(Oc%11ccccc%11)cc%10)nc9c8n7)c6)nc5c4n3)cc2)cc1. The van der Waals surface area contributed by atoms with Crippen LogP contribution in [0.3, 0.4) is 0 Å². The van der Waals surface area contributed by atoms with Crippen LogP contribution in [0.25, 0.3) is 88.6 Å². The van der Waals surface area contributed by atoms with Crippen molar-refractivity contribution in [2.75, 3.05) is 0 Å². The quantitative estimate of drug-likeness (QED) is 0.127. The molecule has 316 valence electrons. The van der Waals surface area contributed by atoms with Crippen LogP contribution in [0.2, 0.25) is 0 Å². The van der Waals surface area contributed by atoms with E-state index in [9.17, 15) is 0 Å². The molecule has 12 aromatic rings. The van der Waals surface area contributed by atoms with Crippen molar-refractivity contribution >= 4 is 43.6 Å². The zero-order valence-corrected chi connectivity index (χ0v) is 36.0. The molecule has 0 aliphatic heterocycles. The molecule has 0 amide bonds. The van der Waals surface area contributed by atoms with Crippen molar-refractivity contribution in [2.45, 2.75) is 0 Å². The lowest BCUT2D eigenvalue weighted by Crippen LogP contribution is -1.94. The summed E-state index contributed by atoms with van der Waals surface area (Å²) in [5.41, 5.74) is 10.3. The number of fused-ring (bicyclic) bond motifs is 6. The van der Waals surface area contributed by atoms with Crippen molar-refractivity contribution in [3.05, 3.63) is 231 Å². The van der Waals surface area contributed by atoms with E-state index in [4.69, 9.17) is 34.1 Å². The van der Waals surface area contributed by atoms with Crippen LogP contribution >= 0.6 is 0 Å². The molecule has 0 fully saturated rings. The van der Waals surface area contributed by atoms with Gasteiger partial charge >= 0.3 is 0 Å². The maximum Gasteiger partial charge on any atom is 0.128 e.